The van der Waals surface area contributed by atoms with Gasteiger partial charge >= 0.3 is 5.97 Å². The van der Waals surface area contributed by atoms with Gasteiger partial charge in [-0.3, -0.25) is 4.79 Å². The van der Waals surface area contributed by atoms with E-state index in [0.717, 1.165) is 36.4 Å². The van der Waals surface area contributed by atoms with Gasteiger partial charge in [-0.05, 0) is 72.0 Å². The zero-order chi connectivity index (χ0) is 25.1. The number of amides is 1. The highest BCUT2D eigenvalue weighted by atomic mass is 16.4. The predicted octanol–water partition coefficient (Wildman–Crippen LogP) is 5.76. The first-order valence-electron chi connectivity index (χ1n) is 12.1. The van der Waals surface area contributed by atoms with Gasteiger partial charge in [-0.15, -0.1) is 0 Å². The monoisotopic (exact) mass is 477 g/mol. The number of carboxylic acid groups (broad SMARTS) is 1. The number of hydrazone groups is 1. The summed E-state index contributed by atoms with van der Waals surface area (Å²) in [5, 5.41) is 14.7. The SMILES string of the molecule is CCCc1ccc(N2CCc3cc(/C=C/C=C4\C(=O)N(c5ccccc5)N=C4C(=O)O)ccc32)cc1. The second-order valence-electron chi connectivity index (χ2n) is 8.85. The van der Waals surface area contributed by atoms with Gasteiger partial charge in [-0.25, -0.2) is 4.79 Å². The fourth-order valence-corrected chi connectivity index (χ4v) is 4.65. The molecule has 2 aliphatic rings. The molecule has 36 heavy (non-hydrogen) atoms. The summed E-state index contributed by atoms with van der Waals surface area (Å²) in [5.74, 6) is -1.69. The van der Waals surface area contributed by atoms with Crippen molar-refractivity contribution in [2.24, 2.45) is 5.10 Å². The van der Waals surface area contributed by atoms with Gasteiger partial charge < -0.3 is 10.0 Å². The van der Waals surface area contributed by atoms with E-state index in [1.54, 1.807) is 30.3 Å². The molecule has 0 saturated carbocycles. The van der Waals surface area contributed by atoms with Gasteiger partial charge in [0.05, 0.1) is 11.3 Å². The van der Waals surface area contributed by atoms with E-state index in [9.17, 15) is 14.7 Å². The molecule has 180 valence electrons. The number of carbonyl (C=O) groups is 2. The highest BCUT2D eigenvalue weighted by molar-refractivity contribution is 6.52. The van der Waals surface area contributed by atoms with Crippen LogP contribution in [0.2, 0.25) is 0 Å². The van der Waals surface area contributed by atoms with E-state index >= 15 is 0 Å². The molecule has 1 N–H and O–H groups in total. The van der Waals surface area contributed by atoms with Crippen LogP contribution in [0.4, 0.5) is 17.1 Å². The van der Waals surface area contributed by atoms with Crippen molar-refractivity contribution in [2.75, 3.05) is 16.5 Å². The number of para-hydroxylation sites is 1. The van der Waals surface area contributed by atoms with Crippen LogP contribution >= 0.6 is 0 Å². The molecular formula is C30H27N3O3. The van der Waals surface area contributed by atoms with Crippen molar-refractivity contribution in [3.05, 3.63) is 107 Å². The lowest BCUT2D eigenvalue weighted by molar-refractivity contribution is -0.129. The Kier molecular flexibility index (Phi) is 6.50. The Morgan fingerprint density at radius 3 is 2.53 bits per heavy atom. The van der Waals surface area contributed by atoms with Crippen LogP contribution in [0.25, 0.3) is 6.08 Å². The van der Waals surface area contributed by atoms with Crippen molar-refractivity contribution < 1.29 is 14.7 Å². The molecule has 0 unspecified atom stereocenters. The molecule has 2 heterocycles. The molecular weight excluding hydrogens is 450 g/mol. The van der Waals surface area contributed by atoms with E-state index < -0.39 is 11.9 Å². The molecule has 0 atom stereocenters. The van der Waals surface area contributed by atoms with Gasteiger partial charge in [0, 0.05) is 17.9 Å². The van der Waals surface area contributed by atoms with Crippen LogP contribution in [0.3, 0.4) is 0 Å². The maximum atomic E-state index is 12.9. The second-order valence-corrected chi connectivity index (χ2v) is 8.85. The third kappa shape index (κ3) is 4.58. The van der Waals surface area contributed by atoms with Crippen LogP contribution in [0.1, 0.15) is 30.0 Å². The summed E-state index contributed by atoms with van der Waals surface area (Å²) in [5.41, 5.74) is 6.34. The van der Waals surface area contributed by atoms with Crippen molar-refractivity contribution in [1.82, 2.24) is 0 Å². The molecule has 0 saturated heterocycles. The van der Waals surface area contributed by atoms with E-state index in [1.807, 2.05) is 18.2 Å². The summed E-state index contributed by atoms with van der Waals surface area (Å²) >= 11 is 0. The van der Waals surface area contributed by atoms with Gasteiger partial charge in [0.2, 0.25) is 0 Å². The maximum Gasteiger partial charge on any atom is 0.357 e. The average Bonchev–Trinajstić information content (AvgIpc) is 3.46. The lowest BCUT2D eigenvalue weighted by atomic mass is 10.1. The summed E-state index contributed by atoms with van der Waals surface area (Å²) in [6, 6.07) is 23.9. The minimum Gasteiger partial charge on any atom is -0.476 e. The number of nitrogens with zero attached hydrogens (tertiary/aromatic N) is 3. The first-order chi connectivity index (χ1) is 17.5. The summed E-state index contributed by atoms with van der Waals surface area (Å²) in [4.78, 5) is 26.9. The van der Waals surface area contributed by atoms with Crippen LogP contribution in [0.5, 0.6) is 0 Å². The van der Waals surface area contributed by atoms with Gasteiger partial charge in [0.1, 0.15) is 0 Å². The van der Waals surface area contributed by atoms with Crippen molar-refractivity contribution in [2.45, 2.75) is 26.2 Å². The maximum absolute atomic E-state index is 12.9. The average molecular weight is 478 g/mol. The van der Waals surface area contributed by atoms with E-state index in [2.05, 4.69) is 53.3 Å². The Bertz CT molecular complexity index is 1390. The standard InChI is InChI=1S/C30H27N3O3/c1-2-7-21-12-15-24(16-13-21)32-19-18-23-20-22(14-17-27(23)32)8-6-11-26-28(30(35)36)31-33(29(26)34)25-9-4-3-5-10-25/h3-6,8-17,20H,2,7,18-19H2,1H3,(H,35,36)/b8-6+,26-11-. The van der Waals surface area contributed by atoms with Crippen LogP contribution in [0, 0.1) is 0 Å². The Labute approximate surface area is 210 Å². The first-order valence-corrected chi connectivity index (χ1v) is 12.1. The van der Waals surface area contributed by atoms with Crippen molar-refractivity contribution in [1.29, 1.82) is 0 Å². The molecule has 2 aliphatic heterocycles. The minimum atomic E-state index is -1.23. The predicted molar refractivity (Wildman–Crippen MR) is 144 cm³/mol. The number of aliphatic carboxylic acids is 1. The van der Waals surface area contributed by atoms with E-state index in [1.165, 1.54) is 28.6 Å². The zero-order valence-electron chi connectivity index (χ0n) is 20.1. The first kappa shape index (κ1) is 23.3. The summed E-state index contributed by atoms with van der Waals surface area (Å²) in [7, 11) is 0. The smallest absolute Gasteiger partial charge is 0.357 e. The van der Waals surface area contributed by atoms with Crippen molar-refractivity contribution in [3.8, 4) is 0 Å². The fourth-order valence-electron chi connectivity index (χ4n) is 4.65. The topological polar surface area (TPSA) is 73.2 Å². The molecule has 0 radical (unpaired) electrons. The molecule has 0 aliphatic carbocycles. The molecule has 3 aromatic rings. The van der Waals surface area contributed by atoms with Crippen LogP contribution < -0.4 is 9.91 Å². The molecule has 0 spiro atoms. The third-order valence-corrected chi connectivity index (χ3v) is 6.42. The second kappa shape index (κ2) is 10.0. The van der Waals surface area contributed by atoms with Gasteiger partial charge in [0.15, 0.2) is 5.71 Å². The molecule has 0 aromatic heterocycles. The van der Waals surface area contributed by atoms with E-state index in [4.69, 9.17) is 0 Å². The Morgan fingerprint density at radius 2 is 1.81 bits per heavy atom. The quantitative estimate of drug-likeness (QED) is 0.439. The Morgan fingerprint density at radius 1 is 1.03 bits per heavy atom. The van der Waals surface area contributed by atoms with Gasteiger partial charge in [-0.1, -0.05) is 61.9 Å². The number of carboxylic acids is 1. The van der Waals surface area contributed by atoms with E-state index in [-0.39, 0.29) is 11.3 Å². The summed E-state index contributed by atoms with van der Waals surface area (Å²) in [6.07, 6.45) is 8.31. The molecule has 0 fully saturated rings. The highest BCUT2D eigenvalue weighted by Crippen LogP contribution is 2.35. The molecule has 5 rings (SSSR count). The number of allylic oxidation sites excluding steroid dienone is 2. The van der Waals surface area contributed by atoms with Crippen LogP contribution in [-0.4, -0.2) is 29.2 Å². The number of fused-ring (bicyclic) bond motifs is 1. The number of anilines is 3. The number of aryl methyl sites for hydroxylation is 1. The largest absolute Gasteiger partial charge is 0.476 e. The molecule has 3 aromatic carbocycles. The van der Waals surface area contributed by atoms with Crippen LogP contribution in [0.15, 0.2) is 95.6 Å². The lowest BCUT2D eigenvalue weighted by Gasteiger charge is -2.20. The number of hydrogen-bond donors (Lipinski definition) is 1. The third-order valence-electron chi connectivity index (χ3n) is 6.42. The zero-order valence-corrected chi connectivity index (χ0v) is 20.1. The highest BCUT2D eigenvalue weighted by Gasteiger charge is 2.34. The molecule has 6 heteroatoms. The number of benzene rings is 3. The molecule has 1 amide bonds. The van der Waals surface area contributed by atoms with Crippen molar-refractivity contribution in [3.63, 3.8) is 0 Å². The molecule has 0 bridgehead atoms. The van der Waals surface area contributed by atoms with Gasteiger partial charge in [0.25, 0.3) is 5.91 Å². The fraction of sp³-hybridized carbons (Fsp3) is 0.167. The number of rotatable bonds is 7. The summed E-state index contributed by atoms with van der Waals surface area (Å²) < 4.78 is 0. The number of carbonyl (C=O) groups excluding carboxylic acids is 1. The summed E-state index contributed by atoms with van der Waals surface area (Å²) in [6.45, 7) is 3.12. The normalized spacial score (nSPS) is 16.2. The van der Waals surface area contributed by atoms with Crippen molar-refractivity contribution >= 4 is 40.7 Å². The lowest BCUT2D eigenvalue weighted by Crippen LogP contribution is -2.22. The molecule has 6 nitrogen and oxygen atoms in total. The van der Waals surface area contributed by atoms with E-state index in [0.29, 0.717) is 5.69 Å². The number of hydrogen-bond acceptors (Lipinski definition) is 4. The Hall–Kier alpha value is -4.45. The van der Waals surface area contributed by atoms with Gasteiger partial charge in [-0.2, -0.15) is 10.1 Å². The minimum absolute atomic E-state index is 0.0569. The van der Waals surface area contributed by atoms with Crippen LogP contribution in [-0.2, 0) is 22.4 Å². The Balaban J connectivity index is 1.34.